The summed E-state index contributed by atoms with van der Waals surface area (Å²) in [6.45, 7) is 9.53. The largest absolute Gasteiger partial charge is 0.524 e. The van der Waals surface area contributed by atoms with Crippen LogP contribution >= 0.6 is 19.4 Å². The highest BCUT2D eigenvalue weighted by molar-refractivity contribution is 7.46. The third-order valence-electron chi connectivity index (χ3n) is 12.9. The van der Waals surface area contributed by atoms with E-state index in [2.05, 4.69) is 31.6 Å². The molecular weight excluding hydrogens is 1020 g/mol. The maximum atomic E-state index is 14.2. The van der Waals surface area contributed by atoms with Gasteiger partial charge in [0.05, 0.1) is 5.69 Å². The van der Waals surface area contributed by atoms with Crippen LogP contribution in [0.5, 0.6) is 5.75 Å². The maximum absolute atomic E-state index is 14.2. The summed E-state index contributed by atoms with van der Waals surface area (Å²) >= 11 is 6.41. The maximum Gasteiger partial charge on any atom is 0.524 e. The summed E-state index contributed by atoms with van der Waals surface area (Å²) < 4.78 is 17.0. The van der Waals surface area contributed by atoms with E-state index in [1.54, 1.807) is 60.7 Å². The number of nitrogens with zero attached hydrogens (tertiary/aromatic N) is 2. The summed E-state index contributed by atoms with van der Waals surface area (Å²) in [5.41, 5.74) is 3.06. The Bertz CT molecular complexity index is 3120. The number of aromatic amines is 1. The van der Waals surface area contributed by atoms with Crippen molar-refractivity contribution in [2.24, 2.45) is 11.8 Å². The van der Waals surface area contributed by atoms with E-state index in [4.69, 9.17) is 16.1 Å². The highest BCUT2D eigenvalue weighted by Crippen LogP contribution is 2.49. The Hall–Kier alpha value is -7.38. The first-order valence-electron chi connectivity index (χ1n) is 25.1. The number of carbonyl (C=O) groups excluding carboxylic acids is 8. The van der Waals surface area contributed by atoms with Gasteiger partial charge in [-0.3, -0.25) is 53.0 Å². The van der Waals surface area contributed by atoms with Gasteiger partial charge in [-0.15, -0.1) is 11.6 Å². The van der Waals surface area contributed by atoms with Crippen molar-refractivity contribution in [3.05, 3.63) is 108 Å². The molecule has 0 saturated carbocycles. The number of hydrogen-bond acceptors (Lipinski definition) is 10. The van der Waals surface area contributed by atoms with Gasteiger partial charge < -0.3 is 41.0 Å². The molecule has 0 radical (unpaired) electrons. The van der Waals surface area contributed by atoms with Gasteiger partial charge in [0.15, 0.2) is 0 Å². The molecule has 2 aliphatic rings. The van der Waals surface area contributed by atoms with Crippen molar-refractivity contribution in [1.29, 1.82) is 0 Å². The predicted octanol–water partition coefficient (Wildman–Crippen LogP) is 7.02. The van der Waals surface area contributed by atoms with E-state index in [-0.39, 0.29) is 84.3 Å². The Morgan fingerprint density at radius 1 is 0.750 bits per heavy atom. The van der Waals surface area contributed by atoms with Crippen LogP contribution in [-0.2, 0) is 33.3 Å². The number of H-pyrrole nitrogens is 1. The van der Waals surface area contributed by atoms with E-state index >= 15 is 0 Å². The first-order chi connectivity index (χ1) is 36.1. The molecule has 4 atom stereocenters. The smallest absolute Gasteiger partial charge is 0.404 e. The zero-order chi connectivity index (χ0) is 55.0. The first kappa shape index (κ1) is 56.3. The van der Waals surface area contributed by atoms with Crippen LogP contribution in [0.4, 0.5) is 17.1 Å². The Morgan fingerprint density at radius 3 is 2.04 bits per heavy atom. The number of phosphoric acid groups is 1. The number of nitrogens with one attached hydrogen (secondary N) is 6. The number of rotatable bonds is 23. The lowest BCUT2D eigenvalue weighted by atomic mass is 9.95. The quantitative estimate of drug-likeness (QED) is 0.0142. The molecule has 402 valence electrons. The van der Waals surface area contributed by atoms with Crippen molar-refractivity contribution in [3.8, 4) is 5.75 Å². The Morgan fingerprint density at radius 2 is 1.39 bits per heavy atom. The van der Waals surface area contributed by atoms with E-state index < -0.39 is 55.5 Å². The number of anilines is 3. The second-order valence-electron chi connectivity index (χ2n) is 19.9. The molecule has 8 amide bonds. The van der Waals surface area contributed by atoms with Gasteiger partial charge in [0.1, 0.15) is 29.6 Å². The second-order valence-corrected chi connectivity index (χ2v) is 21.3. The van der Waals surface area contributed by atoms with Crippen LogP contribution in [-0.4, -0.2) is 104 Å². The fraction of sp³-hybridized carbons (Fsp3) is 0.370. The van der Waals surface area contributed by atoms with Gasteiger partial charge in [0.25, 0.3) is 23.6 Å². The molecule has 1 aromatic heterocycles. The molecule has 0 fully saturated rings. The molecule has 7 rings (SSSR count). The number of fused-ring (bicyclic) bond motifs is 4. The van der Waals surface area contributed by atoms with Gasteiger partial charge in [0.2, 0.25) is 23.6 Å². The van der Waals surface area contributed by atoms with Crippen LogP contribution in [0.1, 0.15) is 105 Å². The summed E-state index contributed by atoms with van der Waals surface area (Å²) in [6.07, 6.45) is 4.75. The number of benzene rings is 4. The third-order valence-corrected chi connectivity index (χ3v) is 13.7. The van der Waals surface area contributed by atoms with Crippen molar-refractivity contribution in [2.45, 2.75) is 97.2 Å². The van der Waals surface area contributed by atoms with Gasteiger partial charge in [0, 0.05) is 82.8 Å². The summed E-state index contributed by atoms with van der Waals surface area (Å²) in [7, 11) is -4.95. The van der Waals surface area contributed by atoms with Crippen LogP contribution in [0, 0.1) is 11.8 Å². The van der Waals surface area contributed by atoms with Gasteiger partial charge in [-0.05, 0) is 104 Å². The van der Waals surface area contributed by atoms with Crippen LogP contribution in [0.3, 0.4) is 0 Å². The first-order valence-corrected chi connectivity index (χ1v) is 27.1. The summed E-state index contributed by atoms with van der Waals surface area (Å²) in [5.74, 6) is -3.78. The fourth-order valence-electron chi connectivity index (χ4n) is 9.28. The zero-order valence-electron chi connectivity index (χ0n) is 42.7. The molecule has 8 N–H and O–H groups in total. The second kappa shape index (κ2) is 24.5. The molecule has 20 nitrogen and oxygen atoms in total. The summed E-state index contributed by atoms with van der Waals surface area (Å²) in [5, 5.41) is 15.6. The van der Waals surface area contributed by atoms with Crippen LogP contribution < -0.4 is 36.0 Å². The topological polar surface area (TPSA) is 286 Å². The molecule has 0 spiro atoms. The molecule has 0 aliphatic carbocycles. The van der Waals surface area contributed by atoms with Crippen molar-refractivity contribution < 1.29 is 57.2 Å². The van der Waals surface area contributed by atoms with Crippen LogP contribution in [0.2, 0.25) is 0 Å². The number of hydrogen-bond donors (Lipinski definition) is 8. The summed E-state index contributed by atoms with van der Waals surface area (Å²) in [4.78, 5) is 130. The molecule has 0 bridgehead atoms. The van der Waals surface area contributed by atoms with E-state index in [9.17, 15) is 52.7 Å². The molecule has 0 saturated heterocycles. The minimum absolute atomic E-state index is 0.0149. The van der Waals surface area contributed by atoms with Gasteiger partial charge in [-0.1, -0.05) is 58.4 Å². The SMILES string of the molecule is CC(C)C[C@H](NC(=O)CCCCCN1C(=O)C=CC1=O)C(=O)N[C@@H](C)C(=O)N[C@@H](CC(C)C)C(=O)Nc1ccc(C(=O)Nc2ccc3[nH]c(C(=O)N4C[C@@H](CCl)c5c4cc(OP(=O)(O)O)c4ccccc54)cc3c2)cc1. The van der Waals surface area contributed by atoms with Crippen LogP contribution in [0.25, 0.3) is 21.7 Å². The molecule has 3 heterocycles. The average molecular weight is 1080 g/mol. The van der Waals surface area contributed by atoms with Crippen LogP contribution in [0.15, 0.2) is 91.0 Å². The minimum atomic E-state index is -4.95. The monoisotopic (exact) mass is 1080 g/mol. The number of phosphoric ester groups is 1. The van der Waals surface area contributed by atoms with E-state index in [1.165, 1.54) is 42.2 Å². The lowest BCUT2D eigenvalue weighted by molar-refractivity contribution is -0.137. The number of aromatic nitrogens is 1. The van der Waals surface area contributed by atoms with E-state index in [1.807, 2.05) is 27.7 Å². The number of carbonyl (C=O) groups is 8. The zero-order valence-corrected chi connectivity index (χ0v) is 44.3. The highest BCUT2D eigenvalue weighted by atomic mass is 35.5. The van der Waals surface area contributed by atoms with Crippen molar-refractivity contribution in [1.82, 2.24) is 25.8 Å². The molecule has 22 heteroatoms. The average Bonchev–Trinajstić information content (AvgIpc) is 4.10. The highest BCUT2D eigenvalue weighted by Gasteiger charge is 2.37. The van der Waals surface area contributed by atoms with Crippen molar-refractivity contribution in [2.75, 3.05) is 34.5 Å². The van der Waals surface area contributed by atoms with Gasteiger partial charge >= 0.3 is 7.82 Å². The molecule has 5 aromatic rings. The van der Waals surface area contributed by atoms with Gasteiger partial charge in [-0.25, -0.2) is 4.57 Å². The minimum Gasteiger partial charge on any atom is -0.404 e. The number of alkyl halides is 1. The molecule has 0 unspecified atom stereocenters. The van der Waals surface area contributed by atoms with E-state index in [0.717, 1.165) is 10.5 Å². The standard InChI is InChI=1S/C54H62ClN8O12P/c1-30(2)23-41(60-46(64)13-7-6-10-22-62-47(65)20-21-48(62)66)52(69)56-32(5)50(67)61-42(24-31(3)4)53(70)57-36-16-14-33(15-17-36)51(68)58-37-18-19-40-34(25-37)26-43(59-40)54(71)63-29-35(28-55)49-39-12-9-8-11-38(39)45(27-44(49)63)75-76(72,73)74/h8-9,11-12,14-21,25-27,30-32,35,41-42,59H,6-7,10,13,22-24,28-29H2,1-5H3,(H,56,69)(H,57,70)(H,58,68)(H,60,64)(H,61,67)(H2,72,73,74)/t32-,35+,41-,42-/m0/s1. The summed E-state index contributed by atoms with van der Waals surface area (Å²) in [6, 6.07) is 18.3. The number of amides is 8. The van der Waals surface area contributed by atoms with Crippen molar-refractivity contribution >= 4 is 105 Å². The lowest BCUT2D eigenvalue weighted by Crippen LogP contribution is -2.55. The molecule has 76 heavy (non-hydrogen) atoms. The van der Waals surface area contributed by atoms with Crippen molar-refractivity contribution in [3.63, 3.8) is 0 Å². The third kappa shape index (κ3) is 14.1. The predicted molar refractivity (Wildman–Crippen MR) is 288 cm³/mol. The van der Waals surface area contributed by atoms with Gasteiger partial charge in [-0.2, -0.15) is 0 Å². The Balaban J connectivity index is 0.924. The molecule has 4 aromatic carbocycles. The Labute approximate surface area is 443 Å². The van der Waals surface area contributed by atoms with E-state index in [0.29, 0.717) is 64.4 Å². The fourth-order valence-corrected chi connectivity index (χ4v) is 9.93. The Kier molecular flexibility index (Phi) is 18.2. The molecular formula is C54H62ClN8O12P. The number of halogens is 1. The normalized spacial score (nSPS) is 15.5. The molecule has 2 aliphatic heterocycles. The number of imide groups is 1. The number of unbranched alkanes of at least 4 members (excludes halogenated alkanes) is 2. The lowest BCUT2D eigenvalue weighted by Gasteiger charge is -2.25.